The summed E-state index contributed by atoms with van der Waals surface area (Å²) in [5.41, 5.74) is 4.33. The molecule has 35 heavy (non-hydrogen) atoms. The zero-order chi connectivity index (χ0) is 23.9. The van der Waals surface area contributed by atoms with E-state index < -0.39 is 0 Å². The van der Waals surface area contributed by atoms with Gasteiger partial charge in [0.15, 0.2) is 17.2 Å². The van der Waals surface area contributed by atoms with Crippen LogP contribution in [0.1, 0.15) is 35.9 Å². The fourth-order valence-electron chi connectivity index (χ4n) is 4.50. The lowest BCUT2D eigenvalue weighted by Gasteiger charge is -2.27. The second-order valence-corrected chi connectivity index (χ2v) is 9.41. The molecule has 1 N–H and O–H groups in total. The Morgan fingerprint density at radius 2 is 1.97 bits per heavy atom. The average Bonchev–Trinajstić information content (AvgIpc) is 3.44. The highest BCUT2D eigenvalue weighted by molar-refractivity contribution is 5.97. The van der Waals surface area contributed by atoms with Crippen LogP contribution in [0.4, 0.5) is 5.82 Å². The minimum Gasteiger partial charge on any atom is -0.445 e. The highest BCUT2D eigenvalue weighted by Gasteiger charge is 2.30. The van der Waals surface area contributed by atoms with E-state index in [0.29, 0.717) is 55.1 Å². The van der Waals surface area contributed by atoms with Crippen molar-refractivity contribution in [1.29, 1.82) is 0 Å². The number of rotatable bonds is 6. The van der Waals surface area contributed by atoms with Gasteiger partial charge in [0.25, 0.3) is 11.9 Å². The summed E-state index contributed by atoms with van der Waals surface area (Å²) in [6.07, 6.45) is 6.05. The number of benzene rings is 1. The molecular formula is C26H28N6O3. The Labute approximate surface area is 203 Å². The van der Waals surface area contributed by atoms with Gasteiger partial charge in [-0.1, -0.05) is 29.8 Å². The van der Waals surface area contributed by atoms with Crippen molar-refractivity contribution in [2.45, 2.75) is 32.7 Å². The topological polar surface area (TPSA) is 98.3 Å². The Bertz CT molecular complexity index is 1380. The number of aryl methyl sites for hydroxylation is 1. The van der Waals surface area contributed by atoms with Crippen molar-refractivity contribution in [3.63, 3.8) is 0 Å². The molecule has 4 heterocycles. The van der Waals surface area contributed by atoms with E-state index >= 15 is 0 Å². The van der Waals surface area contributed by atoms with Crippen LogP contribution in [-0.4, -0.2) is 58.0 Å². The van der Waals surface area contributed by atoms with Crippen LogP contribution in [0.15, 0.2) is 47.1 Å². The van der Waals surface area contributed by atoms with E-state index in [2.05, 4.69) is 40.4 Å². The Hall–Kier alpha value is -3.72. The van der Waals surface area contributed by atoms with Gasteiger partial charge < -0.3 is 19.4 Å². The molecule has 1 saturated heterocycles. The minimum atomic E-state index is -0.224. The van der Waals surface area contributed by atoms with Crippen molar-refractivity contribution in [3.05, 3.63) is 54.0 Å². The Morgan fingerprint density at radius 3 is 2.74 bits per heavy atom. The van der Waals surface area contributed by atoms with E-state index in [4.69, 9.17) is 19.1 Å². The maximum absolute atomic E-state index is 12.9. The van der Waals surface area contributed by atoms with Gasteiger partial charge in [-0.2, -0.15) is 10.1 Å². The lowest BCUT2D eigenvalue weighted by atomic mass is 10.1. The highest BCUT2D eigenvalue weighted by Crippen LogP contribution is 2.33. The first-order valence-corrected chi connectivity index (χ1v) is 12.1. The third-order valence-corrected chi connectivity index (χ3v) is 6.70. The van der Waals surface area contributed by atoms with E-state index in [0.717, 1.165) is 24.0 Å². The normalized spacial score (nSPS) is 17.0. The van der Waals surface area contributed by atoms with Gasteiger partial charge >= 0.3 is 0 Å². The molecule has 0 unspecified atom stereocenters. The monoisotopic (exact) mass is 472 g/mol. The number of ether oxygens (including phenoxy) is 1. The number of furan rings is 1. The minimum absolute atomic E-state index is 0.125. The lowest BCUT2D eigenvalue weighted by molar-refractivity contribution is 0.0910. The summed E-state index contributed by atoms with van der Waals surface area (Å²) in [5.74, 6) is 1.65. The van der Waals surface area contributed by atoms with E-state index in [1.165, 1.54) is 5.56 Å². The molecule has 0 bridgehead atoms. The van der Waals surface area contributed by atoms with Gasteiger partial charge in [0.1, 0.15) is 5.52 Å². The number of anilines is 1. The van der Waals surface area contributed by atoms with Crippen molar-refractivity contribution in [2.75, 3.05) is 31.2 Å². The van der Waals surface area contributed by atoms with Gasteiger partial charge in [-0.05, 0) is 38.2 Å². The number of hydrogen-bond acceptors (Lipinski definition) is 7. The van der Waals surface area contributed by atoms with E-state index in [1.807, 2.05) is 25.4 Å². The molecule has 1 saturated carbocycles. The molecule has 2 fully saturated rings. The van der Waals surface area contributed by atoms with Gasteiger partial charge in [-0.15, -0.1) is 0 Å². The van der Waals surface area contributed by atoms with Crippen molar-refractivity contribution in [3.8, 4) is 17.1 Å². The van der Waals surface area contributed by atoms with Crippen molar-refractivity contribution < 1.29 is 13.9 Å². The summed E-state index contributed by atoms with van der Waals surface area (Å²) in [5, 5.41) is 7.59. The standard InChI is InChI=1S/C26H28N6O3/c1-16-4-3-5-19(12-16)20-14-27-32(15-20)26-29-21-13-22(25(33)28-17(2)18-6-7-18)35-23(21)24(30-26)31-8-10-34-11-9-31/h3-5,12-15,17-18H,6-11H2,1-2H3,(H,28,33)/t17-/m0/s1. The number of aromatic nitrogens is 4. The molecule has 3 aromatic heterocycles. The number of hydrogen-bond donors (Lipinski definition) is 1. The summed E-state index contributed by atoms with van der Waals surface area (Å²) < 4.78 is 13.2. The van der Waals surface area contributed by atoms with Crippen LogP contribution < -0.4 is 10.2 Å². The summed E-state index contributed by atoms with van der Waals surface area (Å²) in [7, 11) is 0. The maximum Gasteiger partial charge on any atom is 0.287 e. The number of nitrogens with zero attached hydrogens (tertiary/aromatic N) is 5. The number of carbonyl (C=O) groups is 1. The zero-order valence-corrected chi connectivity index (χ0v) is 19.9. The number of carbonyl (C=O) groups excluding carboxylic acids is 1. The molecule has 6 rings (SSSR count). The van der Waals surface area contributed by atoms with Crippen LogP contribution in [0, 0.1) is 12.8 Å². The van der Waals surface area contributed by atoms with E-state index in [-0.39, 0.29) is 17.7 Å². The first-order valence-electron chi connectivity index (χ1n) is 12.1. The lowest BCUT2D eigenvalue weighted by Crippen LogP contribution is -2.37. The Balaban J connectivity index is 1.39. The molecule has 9 heteroatoms. The molecular weight excluding hydrogens is 444 g/mol. The van der Waals surface area contributed by atoms with E-state index in [1.54, 1.807) is 10.7 Å². The number of nitrogens with one attached hydrogen (secondary N) is 1. The Morgan fingerprint density at radius 1 is 1.14 bits per heavy atom. The van der Waals surface area contributed by atoms with Crippen molar-refractivity contribution >= 4 is 22.8 Å². The molecule has 2 aliphatic rings. The predicted octanol–water partition coefficient (Wildman–Crippen LogP) is 3.75. The number of amides is 1. The summed E-state index contributed by atoms with van der Waals surface area (Å²) >= 11 is 0. The second-order valence-electron chi connectivity index (χ2n) is 9.41. The third-order valence-electron chi connectivity index (χ3n) is 6.70. The molecule has 180 valence electrons. The first kappa shape index (κ1) is 21.8. The Kier molecular flexibility index (Phi) is 5.49. The smallest absolute Gasteiger partial charge is 0.287 e. The molecule has 1 aliphatic heterocycles. The summed E-state index contributed by atoms with van der Waals surface area (Å²) in [4.78, 5) is 24.5. The van der Waals surface area contributed by atoms with Crippen LogP contribution >= 0.6 is 0 Å². The SMILES string of the molecule is Cc1cccc(-c2cnn(-c3nc(N4CCOCC4)c4oc(C(=O)N[C@@H](C)C5CC5)cc4n3)c2)c1. The quantitative estimate of drug-likeness (QED) is 0.456. The number of morpholine rings is 1. The molecule has 0 radical (unpaired) electrons. The summed E-state index contributed by atoms with van der Waals surface area (Å²) in [6, 6.07) is 10.1. The van der Waals surface area contributed by atoms with Gasteiger partial charge in [0, 0.05) is 37.0 Å². The van der Waals surface area contributed by atoms with Crippen molar-refractivity contribution in [1.82, 2.24) is 25.1 Å². The third kappa shape index (κ3) is 4.39. The van der Waals surface area contributed by atoms with Crippen LogP contribution in [0.2, 0.25) is 0 Å². The van der Waals surface area contributed by atoms with Gasteiger partial charge in [-0.25, -0.2) is 9.67 Å². The molecule has 1 atom stereocenters. The molecule has 0 spiro atoms. The average molecular weight is 473 g/mol. The summed E-state index contributed by atoms with van der Waals surface area (Å²) in [6.45, 7) is 6.68. The maximum atomic E-state index is 12.9. The molecule has 1 amide bonds. The van der Waals surface area contributed by atoms with Crippen LogP contribution in [0.5, 0.6) is 0 Å². The molecule has 9 nitrogen and oxygen atoms in total. The molecule has 4 aromatic rings. The largest absolute Gasteiger partial charge is 0.445 e. The highest BCUT2D eigenvalue weighted by atomic mass is 16.5. The van der Waals surface area contributed by atoms with Crippen LogP contribution in [0.3, 0.4) is 0 Å². The predicted molar refractivity (Wildman–Crippen MR) is 132 cm³/mol. The van der Waals surface area contributed by atoms with Gasteiger partial charge in [-0.3, -0.25) is 4.79 Å². The molecule has 1 aromatic carbocycles. The number of fused-ring (bicyclic) bond motifs is 1. The molecule has 1 aliphatic carbocycles. The van der Waals surface area contributed by atoms with Crippen LogP contribution in [-0.2, 0) is 4.74 Å². The van der Waals surface area contributed by atoms with Gasteiger partial charge in [0.05, 0.1) is 19.4 Å². The first-order chi connectivity index (χ1) is 17.0. The zero-order valence-electron chi connectivity index (χ0n) is 19.9. The van der Waals surface area contributed by atoms with Crippen molar-refractivity contribution in [2.24, 2.45) is 5.92 Å². The van der Waals surface area contributed by atoms with E-state index in [9.17, 15) is 4.79 Å². The fraction of sp³-hybridized carbons (Fsp3) is 0.385. The second kappa shape index (κ2) is 8.81. The van der Waals surface area contributed by atoms with Crippen LogP contribution in [0.25, 0.3) is 28.2 Å². The fourth-order valence-corrected chi connectivity index (χ4v) is 4.50. The van der Waals surface area contributed by atoms with Gasteiger partial charge in [0.2, 0.25) is 0 Å².